The molecule has 0 amide bonds. The molecule has 0 N–H and O–H groups in total. The Morgan fingerprint density at radius 3 is 2.29 bits per heavy atom. The van der Waals surface area contributed by atoms with Crippen LogP contribution in [-0.4, -0.2) is 0 Å². The summed E-state index contributed by atoms with van der Waals surface area (Å²) < 4.78 is 0. The van der Waals surface area contributed by atoms with E-state index in [1.165, 1.54) is 16.7 Å². The Kier molecular flexibility index (Phi) is 3.04. The van der Waals surface area contributed by atoms with Gasteiger partial charge >= 0.3 is 0 Å². The first-order valence-corrected chi connectivity index (χ1v) is 6.40. The molecule has 0 bridgehead atoms. The van der Waals surface area contributed by atoms with Gasteiger partial charge in [0, 0.05) is 4.83 Å². The van der Waals surface area contributed by atoms with Gasteiger partial charge in [0.25, 0.3) is 0 Å². The van der Waals surface area contributed by atoms with Gasteiger partial charge in [0.2, 0.25) is 0 Å². The predicted octanol–water partition coefficient (Wildman–Crippen LogP) is 4.87. The number of hydrogen-bond acceptors (Lipinski definition) is 1. The van der Waals surface area contributed by atoms with Crippen molar-refractivity contribution in [3.8, 4) is 11.1 Å². The second-order valence-electron chi connectivity index (χ2n) is 3.25. The minimum absolute atomic E-state index is 0.430. The van der Waals surface area contributed by atoms with Crippen molar-refractivity contribution in [2.45, 2.75) is 11.8 Å². The van der Waals surface area contributed by atoms with E-state index >= 15 is 0 Å². The van der Waals surface area contributed by atoms with Crippen LogP contribution in [0.15, 0.2) is 41.1 Å². The van der Waals surface area contributed by atoms with Gasteiger partial charge in [0.15, 0.2) is 0 Å². The summed E-state index contributed by atoms with van der Waals surface area (Å²) in [4.78, 5) is 0.430. The summed E-state index contributed by atoms with van der Waals surface area (Å²) >= 11 is 5.29. The van der Waals surface area contributed by atoms with Crippen molar-refractivity contribution in [2.75, 3.05) is 0 Å². The Labute approximate surface area is 96.7 Å². The van der Waals surface area contributed by atoms with Gasteiger partial charge in [-0.3, -0.25) is 0 Å². The van der Waals surface area contributed by atoms with Crippen molar-refractivity contribution >= 4 is 27.3 Å². The van der Waals surface area contributed by atoms with Gasteiger partial charge in [-0.2, -0.15) is 11.3 Å². The number of benzene rings is 1. The van der Waals surface area contributed by atoms with Gasteiger partial charge in [0.1, 0.15) is 0 Å². The molecule has 2 heteroatoms. The van der Waals surface area contributed by atoms with Crippen molar-refractivity contribution in [2.24, 2.45) is 0 Å². The fourth-order valence-corrected chi connectivity index (χ4v) is 2.34. The maximum atomic E-state index is 3.56. The Bertz CT molecular complexity index is 387. The summed E-state index contributed by atoms with van der Waals surface area (Å²) in [6.07, 6.45) is 0. The van der Waals surface area contributed by atoms with Crippen LogP contribution in [0.5, 0.6) is 0 Å². The zero-order valence-electron chi connectivity index (χ0n) is 7.91. The average molecular weight is 267 g/mol. The smallest absolute Gasteiger partial charge is 0.0367 e. The highest BCUT2D eigenvalue weighted by atomic mass is 79.9. The van der Waals surface area contributed by atoms with E-state index < -0.39 is 0 Å². The van der Waals surface area contributed by atoms with Crippen molar-refractivity contribution in [1.29, 1.82) is 0 Å². The van der Waals surface area contributed by atoms with E-state index in [1.54, 1.807) is 11.3 Å². The molecule has 2 aromatic rings. The zero-order chi connectivity index (χ0) is 9.97. The summed E-state index contributed by atoms with van der Waals surface area (Å²) in [6, 6.07) is 10.8. The minimum Gasteiger partial charge on any atom is -0.152 e. The normalized spacial score (nSPS) is 12.7. The topological polar surface area (TPSA) is 0 Å². The number of alkyl halides is 1. The Balaban J connectivity index is 2.31. The molecule has 0 spiro atoms. The molecule has 2 rings (SSSR count). The molecule has 0 aliphatic rings. The molecule has 0 saturated carbocycles. The second-order valence-corrected chi connectivity index (χ2v) is 5.40. The van der Waals surface area contributed by atoms with Crippen LogP contribution in [0.25, 0.3) is 11.1 Å². The monoisotopic (exact) mass is 266 g/mol. The van der Waals surface area contributed by atoms with E-state index in [1.807, 2.05) is 0 Å². The van der Waals surface area contributed by atoms with E-state index in [2.05, 4.69) is 63.9 Å². The first-order valence-electron chi connectivity index (χ1n) is 4.54. The Morgan fingerprint density at radius 1 is 1.07 bits per heavy atom. The van der Waals surface area contributed by atoms with Crippen molar-refractivity contribution in [3.05, 3.63) is 46.7 Å². The molecule has 0 nitrogen and oxygen atoms in total. The molecule has 1 aromatic heterocycles. The number of hydrogen-bond donors (Lipinski definition) is 0. The highest BCUT2D eigenvalue weighted by molar-refractivity contribution is 9.09. The first kappa shape index (κ1) is 9.94. The molecular weight excluding hydrogens is 256 g/mol. The Morgan fingerprint density at radius 2 is 1.79 bits per heavy atom. The molecule has 1 atom stereocenters. The lowest BCUT2D eigenvalue weighted by Crippen LogP contribution is -1.82. The van der Waals surface area contributed by atoms with Crippen LogP contribution in [-0.2, 0) is 0 Å². The molecule has 0 saturated heterocycles. The third kappa shape index (κ3) is 2.07. The molecule has 0 fully saturated rings. The molecular formula is C12H11BrS. The first-order chi connectivity index (χ1) is 6.77. The third-order valence-electron chi connectivity index (χ3n) is 2.22. The molecule has 0 radical (unpaired) electrons. The fraction of sp³-hybridized carbons (Fsp3) is 0.167. The molecule has 14 heavy (non-hydrogen) atoms. The lowest BCUT2D eigenvalue weighted by Gasteiger charge is -2.04. The number of halogens is 1. The molecule has 0 aliphatic heterocycles. The van der Waals surface area contributed by atoms with Gasteiger partial charge in [-0.1, -0.05) is 40.2 Å². The summed E-state index contributed by atoms with van der Waals surface area (Å²) in [5.74, 6) is 0. The Hall–Kier alpha value is -0.600. The van der Waals surface area contributed by atoms with E-state index in [0.717, 1.165) is 0 Å². The van der Waals surface area contributed by atoms with Gasteiger partial charge in [-0.25, -0.2) is 0 Å². The molecule has 1 aromatic carbocycles. The lowest BCUT2D eigenvalue weighted by molar-refractivity contribution is 1.12. The standard InChI is InChI=1S/C12H11BrS/c1-9(13)10-2-4-11(5-3-10)12-6-7-14-8-12/h2-9H,1H3. The summed E-state index contributed by atoms with van der Waals surface area (Å²) in [5.41, 5.74) is 3.93. The molecule has 0 aliphatic carbocycles. The van der Waals surface area contributed by atoms with Crippen molar-refractivity contribution in [3.63, 3.8) is 0 Å². The van der Waals surface area contributed by atoms with E-state index in [-0.39, 0.29) is 0 Å². The molecule has 1 unspecified atom stereocenters. The van der Waals surface area contributed by atoms with E-state index in [9.17, 15) is 0 Å². The van der Waals surface area contributed by atoms with Gasteiger partial charge < -0.3 is 0 Å². The predicted molar refractivity (Wildman–Crippen MR) is 67.1 cm³/mol. The largest absolute Gasteiger partial charge is 0.152 e. The SMILES string of the molecule is CC(Br)c1ccc(-c2ccsc2)cc1. The van der Waals surface area contributed by atoms with E-state index in [4.69, 9.17) is 0 Å². The summed E-state index contributed by atoms with van der Waals surface area (Å²) in [5, 5.41) is 4.28. The van der Waals surface area contributed by atoms with Gasteiger partial charge in [-0.15, -0.1) is 0 Å². The quantitative estimate of drug-likeness (QED) is 0.681. The van der Waals surface area contributed by atoms with Crippen LogP contribution >= 0.6 is 27.3 Å². The fourth-order valence-electron chi connectivity index (χ4n) is 1.37. The van der Waals surface area contributed by atoms with Crippen molar-refractivity contribution in [1.82, 2.24) is 0 Å². The highest BCUT2D eigenvalue weighted by Gasteiger charge is 2.01. The van der Waals surface area contributed by atoms with E-state index in [0.29, 0.717) is 4.83 Å². The van der Waals surface area contributed by atoms with Gasteiger partial charge in [-0.05, 0) is 40.4 Å². The summed E-state index contributed by atoms with van der Waals surface area (Å²) in [7, 11) is 0. The number of rotatable bonds is 2. The van der Waals surface area contributed by atoms with Crippen LogP contribution < -0.4 is 0 Å². The molecule has 72 valence electrons. The van der Waals surface area contributed by atoms with Crippen LogP contribution in [0.1, 0.15) is 17.3 Å². The van der Waals surface area contributed by atoms with Crippen molar-refractivity contribution < 1.29 is 0 Å². The van der Waals surface area contributed by atoms with Crippen LogP contribution in [0, 0.1) is 0 Å². The highest BCUT2D eigenvalue weighted by Crippen LogP contribution is 2.26. The van der Waals surface area contributed by atoms with Gasteiger partial charge in [0.05, 0.1) is 0 Å². The average Bonchev–Trinajstić information content (AvgIpc) is 2.71. The zero-order valence-corrected chi connectivity index (χ0v) is 10.3. The number of thiophene rings is 1. The lowest BCUT2D eigenvalue weighted by atomic mass is 10.1. The van der Waals surface area contributed by atoms with Crippen LogP contribution in [0.4, 0.5) is 0 Å². The van der Waals surface area contributed by atoms with Crippen LogP contribution in [0.3, 0.4) is 0 Å². The summed E-state index contributed by atoms with van der Waals surface area (Å²) in [6.45, 7) is 2.14. The minimum atomic E-state index is 0.430. The van der Waals surface area contributed by atoms with Crippen LogP contribution in [0.2, 0.25) is 0 Å². The maximum Gasteiger partial charge on any atom is 0.0367 e. The third-order valence-corrected chi connectivity index (χ3v) is 3.44. The molecule has 1 heterocycles. The maximum absolute atomic E-state index is 3.56. The second kappa shape index (κ2) is 4.28.